The summed E-state index contributed by atoms with van der Waals surface area (Å²) in [7, 11) is 0. The van der Waals surface area contributed by atoms with E-state index in [0.29, 0.717) is 0 Å². The van der Waals surface area contributed by atoms with Crippen LogP contribution >= 0.6 is 0 Å². The van der Waals surface area contributed by atoms with Gasteiger partial charge in [0.15, 0.2) is 0 Å². The Morgan fingerprint density at radius 2 is 1.75 bits per heavy atom. The van der Waals surface area contributed by atoms with E-state index in [0.717, 1.165) is 18.7 Å². The Labute approximate surface area is 120 Å². The minimum Gasteiger partial charge on any atom is -0.361 e. The zero-order chi connectivity index (χ0) is 13.9. The van der Waals surface area contributed by atoms with Crippen molar-refractivity contribution in [3.8, 4) is 0 Å². The molecule has 3 rings (SSSR count). The van der Waals surface area contributed by atoms with Gasteiger partial charge in [-0.15, -0.1) is 0 Å². The van der Waals surface area contributed by atoms with Crippen LogP contribution in [-0.2, 0) is 6.42 Å². The van der Waals surface area contributed by atoms with E-state index < -0.39 is 0 Å². The molecule has 0 saturated carbocycles. The van der Waals surface area contributed by atoms with Gasteiger partial charge in [0.05, 0.1) is 6.04 Å². The van der Waals surface area contributed by atoms with Crippen LogP contribution in [0.1, 0.15) is 22.7 Å². The molecule has 0 N–H and O–H groups in total. The van der Waals surface area contributed by atoms with Gasteiger partial charge in [-0.25, -0.2) is 0 Å². The largest absolute Gasteiger partial charge is 0.361 e. The van der Waals surface area contributed by atoms with Crippen LogP contribution in [0.2, 0.25) is 0 Å². The lowest BCUT2D eigenvalue weighted by Crippen LogP contribution is -2.34. The van der Waals surface area contributed by atoms with Gasteiger partial charge >= 0.3 is 0 Å². The van der Waals surface area contributed by atoms with E-state index in [2.05, 4.69) is 72.7 Å². The smallest absolute Gasteiger partial charge is 0.0798 e. The summed E-state index contributed by atoms with van der Waals surface area (Å²) in [6.45, 7) is 9.02. The highest BCUT2D eigenvalue weighted by Crippen LogP contribution is 2.36. The first-order chi connectivity index (χ1) is 9.81. The minimum atomic E-state index is 0.242. The van der Waals surface area contributed by atoms with E-state index in [1.54, 1.807) is 0 Å². The Balaban J connectivity index is 2.12. The Morgan fingerprint density at radius 3 is 2.50 bits per heavy atom. The van der Waals surface area contributed by atoms with E-state index in [1.807, 2.05) is 6.08 Å². The number of hydrogen-bond acceptors (Lipinski definition) is 1. The lowest BCUT2D eigenvalue weighted by molar-refractivity contribution is 0.284. The normalized spacial score (nSPS) is 17.4. The summed E-state index contributed by atoms with van der Waals surface area (Å²) in [4.78, 5) is 2.35. The van der Waals surface area contributed by atoms with Crippen molar-refractivity contribution in [3.05, 3.63) is 96.2 Å². The standard InChI is InChI=1S/C19H19N/c1-3-15(2)20-14-13-16-9-7-8-12-18(16)19(20)17-10-5-4-6-11-17/h3-12,19H,1-2,13-14H2. The van der Waals surface area contributed by atoms with Crippen LogP contribution in [0.3, 0.4) is 0 Å². The monoisotopic (exact) mass is 261 g/mol. The second kappa shape index (κ2) is 5.38. The summed E-state index contributed by atoms with van der Waals surface area (Å²) in [5.41, 5.74) is 5.12. The highest BCUT2D eigenvalue weighted by Gasteiger charge is 2.28. The Kier molecular flexibility index (Phi) is 3.42. The number of rotatable bonds is 3. The number of nitrogens with zero attached hydrogens (tertiary/aromatic N) is 1. The van der Waals surface area contributed by atoms with Gasteiger partial charge in [-0.2, -0.15) is 0 Å². The number of benzene rings is 2. The fraction of sp³-hybridized carbons (Fsp3) is 0.158. The van der Waals surface area contributed by atoms with Crippen molar-refractivity contribution >= 4 is 0 Å². The second-order valence-corrected chi connectivity index (χ2v) is 5.15. The molecule has 1 heteroatoms. The molecule has 0 aromatic heterocycles. The van der Waals surface area contributed by atoms with E-state index in [4.69, 9.17) is 0 Å². The van der Waals surface area contributed by atoms with Crippen LogP contribution in [0.15, 0.2) is 79.5 Å². The summed E-state index contributed by atoms with van der Waals surface area (Å²) in [6.07, 6.45) is 2.91. The molecule has 100 valence electrons. The maximum absolute atomic E-state index is 4.15. The molecule has 0 aliphatic carbocycles. The van der Waals surface area contributed by atoms with Gasteiger partial charge in [0, 0.05) is 12.2 Å². The van der Waals surface area contributed by atoms with E-state index in [1.165, 1.54) is 16.7 Å². The third-order valence-electron chi connectivity index (χ3n) is 4.00. The minimum absolute atomic E-state index is 0.242. The van der Waals surface area contributed by atoms with Gasteiger partial charge in [0.2, 0.25) is 0 Å². The number of allylic oxidation sites excluding steroid dienone is 1. The Bertz CT molecular complexity index is 627. The maximum Gasteiger partial charge on any atom is 0.0798 e. The van der Waals surface area contributed by atoms with Crippen LogP contribution in [0, 0.1) is 0 Å². The molecule has 0 amide bonds. The average molecular weight is 261 g/mol. The zero-order valence-electron chi connectivity index (χ0n) is 11.6. The fourth-order valence-electron chi connectivity index (χ4n) is 2.99. The first-order valence-corrected chi connectivity index (χ1v) is 7.02. The van der Waals surface area contributed by atoms with Crippen molar-refractivity contribution in [1.82, 2.24) is 4.90 Å². The topological polar surface area (TPSA) is 3.24 Å². The highest BCUT2D eigenvalue weighted by molar-refractivity contribution is 5.41. The van der Waals surface area contributed by atoms with E-state index >= 15 is 0 Å². The van der Waals surface area contributed by atoms with E-state index in [9.17, 15) is 0 Å². The molecule has 1 heterocycles. The van der Waals surface area contributed by atoms with Crippen molar-refractivity contribution in [3.63, 3.8) is 0 Å². The molecule has 0 fully saturated rings. The summed E-state index contributed by atoms with van der Waals surface area (Å²) in [5.74, 6) is 0. The molecule has 1 nitrogen and oxygen atoms in total. The van der Waals surface area contributed by atoms with Gasteiger partial charge in [0.25, 0.3) is 0 Å². The predicted octanol–water partition coefficient (Wildman–Crippen LogP) is 4.33. The zero-order valence-corrected chi connectivity index (χ0v) is 11.6. The van der Waals surface area contributed by atoms with Crippen molar-refractivity contribution in [2.75, 3.05) is 6.54 Å². The van der Waals surface area contributed by atoms with Crippen molar-refractivity contribution in [2.24, 2.45) is 0 Å². The second-order valence-electron chi connectivity index (χ2n) is 5.15. The molecule has 2 aromatic rings. The predicted molar refractivity (Wildman–Crippen MR) is 84.5 cm³/mol. The van der Waals surface area contributed by atoms with Crippen molar-refractivity contribution < 1.29 is 0 Å². The van der Waals surface area contributed by atoms with Crippen LogP contribution in [-0.4, -0.2) is 11.4 Å². The Hall–Kier alpha value is -2.28. The highest BCUT2D eigenvalue weighted by atomic mass is 15.2. The van der Waals surface area contributed by atoms with Gasteiger partial charge in [0.1, 0.15) is 0 Å². The van der Waals surface area contributed by atoms with Crippen LogP contribution in [0.25, 0.3) is 0 Å². The molecular formula is C19H19N. The van der Waals surface area contributed by atoms with E-state index in [-0.39, 0.29) is 6.04 Å². The van der Waals surface area contributed by atoms with Gasteiger partial charge in [-0.3, -0.25) is 0 Å². The first-order valence-electron chi connectivity index (χ1n) is 7.02. The molecule has 1 aliphatic heterocycles. The lowest BCUT2D eigenvalue weighted by atomic mass is 9.88. The molecule has 0 radical (unpaired) electrons. The fourth-order valence-corrected chi connectivity index (χ4v) is 2.99. The maximum atomic E-state index is 4.15. The molecule has 2 aromatic carbocycles. The molecule has 0 bridgehead atoms. The van der Waals surface area contributed by atoms with Crippen LogP contribution < -0.4 is 0 Å². The summed E-state index contributed by atoms with van der Waals surface area (Å²) in [6, 6.07) is 19.6. The van der Waals surface area contributed by atoms with Gasteiger partial charge in [-0.05, 0) is 29.2 Å². The number of fused-ring (bicyclic) bond motifs is 1. The molecular weight excluding hydrogens is 242 g/mol. The average Bonchev–Trinajstić information content (AvgIpc) is 2.53. The molecule has 1 atom stereocenters. The molecule has 1 aliphatic rings. The van der Waals surface area contributed by atoms with Gasteiger partial charge < -0.3 is 4.90 Å². The first kappa shape index (κ1) is 12.7. The van der Waals surface area contributed by atoms with Crippen LogP contribution in [0.4, 0.5) is 0 Å². The summed E-state index contributed by atoms with van der Waals surface area (Å²) >= 11 is 0. The van der Waals surface area contributed by atoms with Gasteiger partial charge in [-0.1, -0.05) is 67.8 Å². The van der Waals surface area contributed by atoms with Crippen molar-refractivity contribution in [2.45, 2.75) is 12.5 Å². The summed E-state index contributed by atoms with van der Waals surface area (Å²) in [5, 5.41) is 0. The third kappa shape index (κ3) is 2.16. The molecule has 0 saturated heterocycles. The lowest BCUT2D eigenvalue weighted by Gasteiger charge is -2.39. The summed E-state index contributed by atoms with van der Waals surface area (Å²) < 4.78 is 0. The third-order valence-corrected chi connectivity index (χ3v) is 4.00. The quantitative estimate of drug-likeness (QED) is 0.743. The SMILES string of the molecule is C=CC(=C)N1CCc2ccccc2C1c1ccccc1. The number of hydrogen-bond donors (Lipinski definition) is 0. The molecule has 20 heavy (non-hydrogen) atoms. The Morgan fingerprint density at radius 1 is 1.05 bits per heavy atom. The molecule has 0 spiro atoms. The van der Waals surface area contributed by atoms with Crippen LogP contribution in [0.5, 0.6) is 0 Å². The van der Waals surface area contributed by atoms with Crippen molar-refractivity contribution in [1.29, 1.82) is 0 Å². The molecule has 1 unspecified atom stereocenters.